The molecule has 1 aliphatic carbocycles. The molecule has 0 saturated heterocycles. The van der Waals surface area contributed by atoms with Crippen LogP contribution < -0.4 is 22.9 Å². The fourth-order valence-electron chi connectivity index (χ4n) is 2.42. The molecular formula is C10H14N4O8. The van der Waals surface area contributed by atoms with Gasteiger partial charge in [-0.15, -0.1) is 0 Å². The Hall–Kier alpha value is -2.70. The van der Waals surface area contributed by atoms with Gasteiger partial charge in [0.05, 0.1) is 0 Å². The Morgan fingerprint density at radius 3 is 1.64 bits per heavy atom. The molecule has 1 aliphatic rings. The van der Waals surface area contributed by atoms with Crippen LogP contribution in [-0.2, 0) is 19.2 Å². The molecule has 0 heterocycles. The molecule has 0 aromatic heterocycles. The second-order valence-electron chi connectivity index (χ2n) is 4.89. The summed E-state index contributed by atoms with van der Waals surface area (Å²) < 4.78 is 0. The molecule has 22 heavy (non-hydrogen) atoms. The minimum Gasteiger partial charge on any atom is -0.481 e. The third-order valence-corrected chi connectivity index (χ3v) is 3.76. The average molecular weight is 318 g/mol. The van der Waals surface area contributed by atoms with Crippen molar-refractivity contribution >= 4 is 23.9 Å². The van der Waals surface area contributed by atoms with Crippen molar-refractivity contribution in [2.24, 2.45) is 28.9 Å². The van der Waals surface area contributed by atoms with Crippen molar-refractivity contribution in [3.8, 4) is 0 Å². The second-order valence-corrected chi connectivity index (χ2v) is 4.89. The molecule has 0 aliphatic heterocycles. The summed E-state index contributed by atoms with van der Waals surface area (Å²) in [5.41, 5.74) is 11.6. The van der Waals surface area contributed by atoms with Crippen LogP contribution in [0.4, 0.5) is 0 Å². The first kappa shape index (κ1) is 17.4. The Labute approximate surface area is 122 Å². The molecular weight excluding hydrogens is 304 g/mol. The molecule has 0 amide bonds. The van der Waals surface area contributed by atoms with E-state index < -0.39 is 52.1 Å². The lowest BCUT2D eigenvalue weighted by Gasteiger charge is -2.50. The Bertz CT molecular complexity index is 618. The molecule has 0 aromatic carbocycles. The van der Waals surface area contributed by atoms with Crippen LogP contribution in [0, 0.1) is 5.92 Å². The van der Waals surface area contributed by atoms with Crippen LogP contribution in [-0.4, -0.2) is 60.9 Å². The molecule has 12 N–H and O–H groups in total. The van der Waals surface area contributed by atoms with Gasteiger partial charge in [0, 0.05) is 5.70 Å². The standard InChI is InChI=1S/C10H14N4O8/c11-2-1-8(12,5(17)18)10(14,7(21)22)3(4(15)16)9(2,13)6(19)20/h1,3H,11-14H2,(H,15,16)(H,17,18)(H,19,20)(H,21,22). The lowest BCUT2D eigenvalue weighted by atomic mass is 9.57. The third-order valence-electron chi connectivity index (χ3n) is 3.76. The molecule has 0 fully saturated rings. The van der Waals surface area contributed by atoms with Crippen molar-refractivity contribution in [3.63, 3.8) is 0 Å². The lowest BCUT2D eigenvalue weighted by molar-refractivity contribution is -0.172. The molecule has 0 saturated carbocycles. The van der Waals surface area contributed by atoms with Crippen LogP contribution in [0.5, 0.6) is 0 Å². The lowest BCUT2D eigenvalue weighted by Crippen LogP contribution is -2.85. The number of aliphatic carboxylic acids is 4. The monoisotopic (exact) mass is 318 g/mol. The smallest absolute Gasteiger partial charge is 0.330 e. The first-order valence-corrected chi connectivity index (χ1v) is 5.56. The fourth-order valence-corrected chi connectivity index (χ4v) is 2.42. The van der Waals surface area contributed by atoms with Gasteiger partial charge in [0.1, 0.15) is 5.92 Å². The molecule has 4 atom stereocenters. The molecule has 12 heteroatoms. The van der Waals surface area contributed by atoms with Crippen LogP contribution in [0.3, 0.4) is 0 Å². The van der Waals surface area contributed by atoms with Gasteiger partial charge in [-0.1, -0.05) is 0 Å². The number of carboxylic acid groups (broad SMARTS) is 4. The SMILES string of the molecule is NC1=CC(N)(C(=O)O)C(N)(C(=O)O)C(C(=O)O)C1(N)C(=O)O. The van der Waals surface area contributed by atoms with E-state index in [9.17, 15) is 29.4 Å². The zero-order chi connectivity index (χ0) is 17.7. The van der Waals surface area contributed by atoms with Crippen molar-refractivity contribution in [1.29, 1.82) is 0 Å². The Kier molecular flexibility index (Phi) is 3.67. The molecule has 0 radical (unpaired) electrons. The summed E-state index contributed by atoms with van der Waals surface area (Å²) in [4.78, 5) is 45.6. The average Bonchev–Trinajstić information content (AvgIpc) is 2.35. The second kappa shape index (κ2) is 4.66. The first-order chi connectivity index (χ1) is 9.77. The zero-order valence-corrected chi connectivity index (χ0v) is 10.9. The molecule has 122 valence electrons. The molecule has 0 bridgehead atoms. The summed E-state index contributed by atoms with van der Waals surface area (Å²) >= 11 is 0. The van der Waals surface area contributed by atoms with Gasteiger partial charge in [-0.25, -0.2) is 9.59 Å². The number of carboxylic acids is 4. The van der Waals surface area contributed by atoms with E-state index in [0.717, 1.165) is 0 Å². The number of hydrogen-bond donors (Lipinski definition) is 8. The predicted octanol–water partition coefficient (Wildman–Crippen LogP) is -4.11. The Balaban J connectivity index is 3.97. The Morgan fingerprint density at radius 1 is 0.909 bits per heavy atom. The van der Waals surface area contributed by atoms with Crippen molar-refractivity contribution in [2.75, 3.05) is 0 Å². The van der Waals surface area contributed by atoms with Gasteiger partial charge in [0.15, 0.2) is 16.6 Å². The highest BCUT2D eigenvalue weighted by Gasteiger charge is 2.73. The molecule has 0 spiro atoms. The van der Waals surface area contributed by atoms with E-state index in [0.29, 0.717) is 6.08 Å². The molecule has 0 aromatic rings. The van der Waals surface area contributed by atoms with Gasteiger partial charge in [0.25, 0.3) is 0 Å². The van der Waals surface area contributed by atoms with Crippen LogP contribution in [0.1, 0.15) is 0 Å². The first-order valence-electron chi connectivity index (χ1n) is 5.56. The molecule has 1 rings (SSSR count). The quantitative estimate of drug-likeness (QED) is 0.246. The molecule has 12 nitrogen and oxygen atoms in total. The van der Waals surface area contributed by atoms with Gasteiger partial charge in [-0.3, -0.25) is 9.59 Å². The number of carbonyl (C=O) groups is 4. The van der Waals surface area contributed by atoms with Crippen LogP contribution >= 0.6 is 0 Å². The maximum absolute atomic E-state index is 11.5. The minimum absolute atomic E-state index is 0.344. The van der Waals surface area contributed by atoms with Crippen molar-refractivity contribution < 1.29 is 39.6 Å². The van der Waals surface area contributed by atoms with E-state index in [2.05, 4.69) is 0 Å². The van der Waals surface area contributed by atoms with E-state index in [1.165, 1.54) is 0 Å². The highest BCUT2D eigenvalue weighted by Crippen LogP contribution is 2.42. The fraction of sp³-hybridized carbons (Fsp3) is 0.400. The van der Waals surface area contributed by atoms with E-state index in [-0.39, 0.29) is 0 Å². The summed E-state index contributed by atoms with van der Waals surface area (Å²) in [7, 11) is 0. The van der Waals surface area contributed by atoms with Gasteiger partial charge < -0.3 is 43.4 Å². The highest BCUT2D eigenvalue weighted by molar-refractivity contribution is 6.03. The predicted molar refractivity (Wildman–Crippen MR) is 67.1 cm³/mol. The van der Waals surface area contributed by atoms with Crippen molar-refractivity contribution in [3.05, 3.63) is 11.8 Å². The third kappa shape index (κ3) is 1.75. The van der Waals surface area contributed by atoms with E-state index >= 15 is 0 Å². The van der Waals surface area contributed by atoms with Crippen molar-refractivity contribution in [1.82, 2.24) is 0 Å². The van der Waals surface area contributed by atoms with Gasteiger partial charge in [-0.05, 0) is 6.08 Å². The summed E-state index contributed by atoms with van der Waals surface area (Å²) in [6.07, 6.45) is 0.344. The molecule has 4 unspecified atom stereocenters. The largest absolute Gasteiger partial charge is 0.481 e. The maximum Gasteiger partial charge on any atom is 0.330 e. The van der Waals surface area contributed by atoms with E-state index in [4.69, 9.17) is 33.1 Å². The summed E-state index contributed by atoms with van der Waals surface area (Å²) in [6, 6.07) is 0. The maximum atomic E-state index is 11.5. The van der Waals surface area contributed by atoms with Crippen LogP contribution in [0.25, 0.3) is 0 Å². The van der Waals surface area contributed by atoms with Crippen molar-refractivity contribution in [2.45, 2.75) is 16.6 Å². The summed E-state index contributed by atoms with van der Waals surface area (Å²) in [5, 5.41) is 36.8. The van der Waals surface area contributed by atoms with Gasteiger partial charge >= 0.3 is 23.9 Å². The normalized spacial score (nSPS) is 38.0. The van der Waals surface area contributed by atoms with Gasteiger partial charge in [0.2, 0.25) is 0 Å². The zero-order valence-electron chi connectivity index (χ0n) is 10.9. The summed E-state index contributed by atoms with van der Waals surface area (Å²) in [6.45, 7) is 0. The highest BCUT2D eigenvalue weighted by atomic mass is 16.4. The summed E-state index contributed by atoms with van der Waals surface area (Å²) in [5.74, 6) is -10.9. The van der Waals surface area contributed by atoms with Gasteiger partial charge in [-0.2, -0.15) is 0 Å². The van der Waals surface area contributed by atoms with E-state index in [1.807, 2.05) is 0 Å². The number of hydrogen-bond acceptors (Lipinski definition) is 8. The topological polar surface area (TPSA) is 253 Å². The van der Waals surface area contributed by atoms with E-state index in [1.54, 1.807) is 0 Å². The minimum atomic E-state index is -3.28. The van der Waals surface area contributed by atoms with Crippen LogP contribution in [0.15, 0.2) is 11.8 Å². The Morgan fingerprint density at radius 2 is 1.36 bits per heavy atom. The van der Waals surface area contributed by atoms with Crippen LogP contribution in [0.2, 0.25) is 0 Å². The number of nitrogens with two attached hydrogens (primary N) is 4. The number of rotatable bonds is 4.